The summed E-state index contributed by atoms with van der Waals surface area (Å²) in [6.45, 7) is 4.94. The number of amides is 2. The van der Waals surface area contributed by atoms with E-state index >= 15 is 0 Å². The Kier molecular flexibility index (Phi) is 7.95. The van der Waals surface area contributed by atoms with Gasteiger partial charge in [0, 0.05) is 19.0 Å². The van der Waals surface area contributed by atoms with Crippen molar-refractivity contribution in [2.45, 2.75) is 20.3 Å². The molecule has 0 aliphatic rings. The summed E-state index contributed by atoms with van der Waals surface area (Å²) < 4.78 is 11.0. The van der Waals surface area contributed by atoms with Gasteiger partial charge in [0.25, 0.3) is 5.91 Å². The molecule has 0 radical (unpaired) electrons. The minimum absolute atomic E-state index is 0.112. The molecule has 27 heavy (non-hydrogen) atoms. The molecule has 2 aromatic rings. The lowest BCUT2D eigenvalue weighted by Gasteiger charge is -2.13. The lowest BCUT2D eigenvalue weighted by Crippen LogP contribution is -2.28. The molecular formula is C20H23ClN2O4. The third-order valence-corrected chi connectivity index (χ3v) is 3.92. The van der Waals surface area contributed by atoms with Crippen LogP contribution in [0.4, 0.5) is 5.69 Å². The highest BCUT2D eigenvalue weighted by molar-refractivity contribution is 6.33. The molecule has 0 bridgehead atoms. The Hall–Kier alpha value is -2.73. The van der Waals surface area contributed by atoms with Crippen molar-refractivity contribution in [3.63, 3.8) is 0 Å². The molecular weight excluding hydrogens is 368 g/mol. The highest BCUT2D eigenvalue weighted by Crippen LogP contribution is 2.29. The summed E-state index contributed by atoms with van der Waals surface area (Å²) in [7, 11) is 0. The smallest absolute Gasteiger partial charge is 0.252 e. The minimum atomic E-state index is -0.318. The summed E-state index contributed by atoms with van der Waals surface area (Å²) in [4.78, 5) is 24.3. The Morgan fingerprint density at radius 2 is 1.78 bits per heavy atom. The van der Waals surface area contributed by atoms with Crippen LogP contribution in [-0.4, -0.2) is 31.6 Å². The average molecular weight is 391 g/mol. The fourth-order valence-electron chi connectivity index (χ4n) is 2.39. The van der Waals surface area contributed by atoms with Crippen LogP contribution in [0.15, 0.2) is 42.5 Å². The maximum Gasteiger partial charge on any atom is 0.252 e. The van der Waals surface area contributed by atoms with E-state index in [0.29, 0.717) is 41.0 Å². The third kappa shape index (κ3) is 6.18. The summed E-state index contributed by atoms with van der Waals surface area (Å²) in [5.74, 6) is 0.642. The first kappa shape index (κ1) is 20.6. The Bertz CT molecular complexity index is 795. The maximum atomic E-state index is 12.2. The monoisotopic (exact) mass is 390 g/mol. The van der Waals surface area contributed by atoms with E-state index in [4.69, 9.17) is 21.1 Å². The van der Waals surface area contributed by atoms with E-state index < -0.39 is 0 Å². The van der Waals surface area contributed by atoms with E-state index in [1.807, 2.05) is 13.8 Å². The van der Waals surface area contributed by atoms with Crippen LogP contribution in [-0.2, 0) is 4.79 Å². The minimum Gasteiger partial charge on any atom is -0.494 e. The van der Waals surface area contributed by atoms with Crippen LogP contribution in [0.2, 0.25) is 5.02 Å². The van der Waals surface area contributed by atoms with Gasteiger partial charge in [-0.15, -0.1) is 0 Å². The lowest BCUT2D eigenvalue weighted by molar-refractivity contribution is -0.116. The molecule has 2 amide bonds. The first-order chi connectivity index (χ1) is 13.0. The standard InChI is InChI=1S/C20H23ClN2O4/c1-3-26-14-9-10-18(27-4-2)17(13-14)23-19(24)11-12-22-20(25)15-7-5-6-8-16(15)21/h5-10,13H,3-4,11-12H2,1-2H3,(H,22,25)(H,23,24). The fraction of sp³-hybridized carbons (Fsp3) is 0.300. The van der Waals surface area contributed by atoms with Crippen LogP contribution in [0, 0.1) is 0 Å². The second kappa shape index (κ2) is 10.4. The molecule has 0 fully saturated rings. The van der Waals surface area contributed by atoms with Gasteiger partial charge in [-0.1, -0.05) is 23.7 Å². The third-order valence-electron chi connectivity index (χ3n) is 3.59. The molecule has 6 nitrogen and oxygen atoms in total. The molecule has 0 spiro atoms. The predicted molar refractivity (Wildman–Crippen MR) is 106 cm³/mol. The van der Waals surface area contributed by atoms with E-state index in [9.17, 15) is 9.59 Å². The number of nitrogens with one attached hydrogen (secondary N) is 2. The molecule has 0 atom stereocenters. The summed E-state index contributed by atoms with van der Waals surface area (Å²) in [6.07, 6.45) is 0.112. The van der Waals surface area contributed by atoms with Crippen molar-refractivity contribution < 1.29 is 19.1 Å². The number of ether oxygens (including phenoxy) is 2. The van der Waals surface area contributed by atoms with Gasteiger partial charge in [-0.2, -0.15) is 0 Å². The molecule has 0 aliphatic heterocycles. The summed E-state index contributed by atoms with van der Waals surface area (Å²) in [5.41, 5.74) is 0.910. The van der Waals surface area contributed by atoms with Crippen LogP contribution in [0.1, 0.15) is 30.6 Å². The largest absolute Gasteiger partial charge is 0.494 e. The Labute approximate surface area is 163 Å². The van der Waals surface area contributed by atoms with Gasteiger partial charge in [0.15, 0.2) is 0 Å². The Morgan fingerprint density at radius 3 is 2.48 bits per heavy atom. The van der Waals surface area contributed by atoms with Crippen molar-refractivity contribution in [3.8, 4) is 11.5 Å². The number of rotatable bonds is 9. The predicted octanol–water partition coefficient (Wildman–Crippen LogP) is 3.90. The van der Waals surface area contributed by atoms with Crippen molar-refractivity contribution in [2.24, 2.45) is 0 Å². The van der Waals surface area contributed by atoms with Crippen LogP contribution in [0.25, 0.3) is 0 Å². The van der Waals surface area contributed by atoms with Gasteiger partial charge in [0.2, 0.25) is 5.91 Å². The molecule has 2 rings (SSSR count). The first-order valence-electron chi connectivity index (χ1n) is 8.77. The molecule has 0 saturated heterocycles. The molecule has 7 heteroatoms. The summed E-state index contributed by atoms with van der Waals surface area (Å²) in [5, 5.41) is 5.85. The highest BCUT2D eigenvalue weighted by Gasteiger charge is 2.12. The zero-order chi connectivity index (χ0) is 19.6. The molecule has 0 aromatic heterocycles. The van der Waals surface area contributed by atoms with Crippen molar-refractivity contribution in [2.75, 3.05) is 25.1 Å². The van der Waals surface area contributed by atoms with Gasteiger partial charge >= 0.3 is 0 Å². The van der Waals surface area contributed by atoms with Gasteiger partial charge in [0.1, 0.15) is 11.5 Å². The number of benzene rings is 2. The Balaban J connectivity index is 1.92. The van der Waals surface area contributed by atoms with Gasteiger partial charge < -0.3 is 20.1 Å². The average Bonchev–Trinajstić information content (AvgIpc) is 2.64. The van der Waals surface area contributed by atoms with Crippen LogP contribution in [0.5, 0.6) is 11.5 Å². The number of hydrogen-bond donors (Lipinski definition) is 2. The summed E-state index contributed by atoms with van der Waals surface area (Å²) >= 11 is 5.99. The second-order valence-electron chi connectivity index (χ2n) is 5.56. The van der Waals surface area contributed by atoms with Crippen molar-refractivity contribution in [1.29, 1.82) is 0 Å². The number of carbonyl (C=O) groups is 2. The highest BCUT2D eigenvalue weighted by atomic mass is 35.5. The normalized spacial score (nSPS) is 10.2. The number of hydrogen-bond acceptors (Lipinski definition) is 4. The van der Waals surface area contributed by atoms with Gasteiger partial charge in [-0.05, 0) is 38.1 Å². The molecule has 144 valence electrons. The van der Waals surface area contributed by atoms with E-state index in [1.54, 1.807) is 42.5 Å². The van der Waals surface area contributed by atoms with Crippen LogP contribution >= 0.6 is 11.6 Å². The zero-order valence-electron chi connectivity index (χ0n) is 15.4. The molecule has 0 aliphatic carbocycles. The number of halogens is 1. The van der Waals surface area contributed by atoms with E-state index in [0.717, 1.165) is 0 Å². The molecule has 0 heterocycles. The lowest BCUT2D eigenvalue weighted by atomic mass is 10.2. The molecule has 2 N–H and O–H groups in total. The van der Waals surface area contributed by atoms with Gasteiger partial charge in [-0.25, -0.2) is 0 Å². The van der Waals surface area contributed by atoms with Gasteiger partial charge in [-0.3, -0.25) is 9.59 Å². The van der Waals surface area contributed by atoms with Gasteiger partial charge in [0.05, 0.1) is 29.5 Å². The topological polar surface area (TPSA) is 76.7 Å². The zero-order valence-corrected chi connectivity index (χ0v) is 16.1. The van der Waals surface area contributed by atoms with Crippen molar-refractivity contribution >= 4 is 29.1 Å². The second-order valence-corrected chi connectivity index (χ2v) is 5.97. The fourth-order valence-corrected chi connectivity index (χ4v) is 2.61. The van der Waals surface area contributed by atoms with Crippen LogP contribution in [0.3, 0.4) is 0 Å². The molecule has 0 unspecified atom stereocenters. The number of carbonyl (C=O) groups excluding carboxylic acids is 2. The quantitative estimate of drug-likeness (QED) is 0.680. The van der Waals surface area contributed by atoms with E-state index in [2.05, 4.69) is 10.6 Å². The molecule has 2 aromatic carbocycles. The van der Waals surface area contributed by atoms with Crippen molar-refractivity contribution in [3.05, 3.63) is 53.1 Å². The first-order valence-corrected chi connectivity index (χ1v) is 9.15. The molecule has 0 saturated carbocycles. The maximum absolute atomic E-state index is 12.2. The summed E-state index contributed by atoms with van der Waals surface area (Å²) in [6, 6.07) is 12.0. The van der Waals surface area contributed by atoms with E-state index in [-0.39, 0.29) is 24.8 Å². The Morgan fingerprint density at radius 1 is 1.04 bits per heavy atom. The number of anilines is 1. The van der Waals surface area contributed by atoms with Crippen molar-refractivity contribution in [1.82, 2.24) is 5.32 Å². The SMILES string of the molecule is CCOc1ccc(OCC)c(NC(=O)CCNC(=O)c2ccccc2Cl)c1. The van der Waals surface area contributed by atoms with E-state index in [1.165, 1.54) is 0 Å². The van der Waals surface area contributed by atoms with Crippen LogP contribution < -0.4 is 20.1 Å².